The van der Waals surface area contributed by atoms with Crippen LogP contribution >= 0.6 is 0 Å². The van der Waals surface area contributed by atoms with Crippen molar-refractivity contribution < 1.29 is 9.53 Å². The highest BCUT2D eigenvalue weighted by molar-refractivity contribution is 5.82. The zero-order chi connectivity index (χ0) is 12.2. The molecule has 0 N–H and O–H groups in total. The van der Waals surface area contributed by atoms with Crippen LogP contribution in [0.5, 0.6) is 0 Å². The van der Waals surface area contributed by atoms with Gasteiger partial charge in [0.15, 0.2) is 0 Å². The number of nitrogens with zero attached hydrogens (tertiary/aromatic N) is 1. The van der Waals surface area contributed by atoms with Gasteiger partial charge in [0.25, 0.3) is 0 Å². The van der Waals surface area contributed by atoms with Crippen molar-refractivity contribution in [3.05, 3.63) is 24.3 Å². The number of carbonyl (C=O) groups is 1. The molecule has 0 aromatic carbocycles. The second-order valence-corrected chi connectivity index (χ2v) is 3.43. The first-order valence-corrected chi connectivity index (χ1v) is 5.93. The highest BCUT2D eigenvalue weighted by Gasteiger charge is 2.00. The van der Waals surface area contributed by atoms with Gasteiger partial charge in [0.2, 0.25) is 0 Å². The first kappa shape index (κ1) is 14.9. The van der Waals surface area contributed by atoms with E-state index in [1.54, 1.807) is 12.2 Å². The van der Waals surface area contributed by atoms with E-state index in [2.05, 4.69) is 18.7 Å². The maximum Gasteiger partial charge on any atom is 0.330 e. The molecule has 0 atom stereocenters. The van der Waals surface area contributed by atoms with E-state index in [1.165, 1.54) is 6.08 Å². The molecule has 0 heterocycles. The molecule has 0 rings (SSSR count). The van der Waals surface area contributed by atoms with Crippen molar-refractivity contribution in [2.45, 2.75) is 27.2 Å². The molecule has 0 bridgehead atoms. The molecule has 0 aliphatic heterocycles. The Morgan fingerprint density at radius 2 is 1.94 bits per heavy atom. The van der Waals surface area contributed by atoms with Crippen LogP contribution in [0.15, 0.2) is 24.3 Å². The Labute approximate surface area is 98.8 Å². The third-order valence-electron chi connectivity index (χ3n) is 2.29. The van der Waals surface area contributed by atoms with E-state index in [4.69, 9.17) is 4.74 Å². The van der Waals surface area contributed by atoms with Crippen LogP contribution < -0.4 is 0 Å². The van der Waals surface area contributed by atoms with Gasteiger partial charge in [-0.05, 0) is 26.4 Å². The second kappa shape index (κ2) is 10.4. The summed E-state index contributed by atoms with van der Waals surface area (Å²) in [6.45, 7) is 9.75. The quantitative estimate of drug-likeness (QED) is 0.275. The fourth-order valence-corrected chi connectivity index (χ4v) is 1.29. The topological polar surface area (TPSA) is 29.5 Å². The molecule has 0 unspecified atom stereocenters. The summed E-state index contributed by atoms with van der Waals surface area (Å²) in [4.78, 5) is 13.5. The van der Waals surface area contributed by atoms with E-state index in [-0.39, 0.29) is 5.97 Å². The van der Waals surface area contributed by atoms with Crippen LogP contribution in [0.2, 0.25) is 0 Å². The van der Waals surface area contributed by atoms with E-state index in [0.29, 0.717) is 6.61 Å². The molecule has 0 saturated carbocycles. The maximum absolute atomic E-state index is 11.1. The van der Waals surface area contributed by atoms with Gasteiger partial charge in [-0.1, -0.05) is 32.1 Å². The molecule has 0 saturated heterocycles. The van der Waals surface area contributed by atoms with Gasteiger partial charge in [0.1, 0.15) is 0 Å². The third-order valence-corrected chi connectivity index (χ3v) is 2.29. The van der Waals surface area contributed by atoms with Crippen molar-refractivity contribution in [2.75, 3.05) is 26.2 Å². The van der Waals surface area contributed by atoms with E-state index in [9.17, 15) is 4.79 Å². The minimum absolute atomic E-state index is 0.266. The summed E-state index contributed by atoms with van der Waals surface area (Å²) in [6, 6.07) is 0. The largest absolute Gasteiger partial charge is 0.462 e. The molecule has 3 heteroatoms. The monoisotopic (exact) mass is 225 g/mol. The molecule has 92 valence electrons. The predicted molar refractivity (Wildman–Crippen MR) is 67.3 cm³/mol. The summed E-state index contributed by atoms with van der Waals surface area (Å²) in [5.41, 5.74) is 0. The molecule has 0 radical (unpaired) electrons. The van der Waals surface area contributed by atoms with E-state index in [1.807, 2.05) is 13.0 Å². The Bertz CT molecular complexity index is 230. The van der Waals surface area contributed by atoms with Crippen LogP contribution in [0.25, 0.3) is 0 Å². The number of allylic oxidation sites excluding steroid dienone is 3. The van der Waals surface area contributed by atoms with Crippen LogP contribution in [-0.2, 0) is 9.53 Å². The van der Waals surface area contributed by atoms with Gasteiger partial charge in [0, 0.05) is 12.6 Å². The molecule has 0 aliphatic rings. The Morgan fingerprint density at radius 1 is 1.25 bits per heavy atom. The van der Waals surface area contributed by atoms with Gasteiger partial charge >= 0.3 is 5.97 Å². The first-order chi connectivity index (χ1) is 7.74. The van der Waals surface area contributed by atoms with Crippen molar-refractivity contribution in [1.29, 1.82) is 0 Å². The minimum Gasteiger partial charge on any atom is -0.462 e. The molecule has 3 nitrogen and oxygen atoms in total. The summed E-state index contributed by atoms with van der Waals surface area (Å²) >= 11 is 0. The highest BCUT2D eigenvalue weighted by Crippen LogP contribution is 1.92. The van der Waals surface area contributed by atoms with Crippen molar-refractivity contribution in [1.82, 2.24) is 4.90 Å². The molecule has 0 fully saturated rings. The Balaban J connectivity index is 3.54. The van der Waals surface area contributed by atoms with Crippen LogP contribution in [0.1, 0.15) is 27.2 Å². The van der Waals surface area contributed by atoms with Crippen molar-refractivity contribution >= 4 is 5.97 Å². The predicted octanol–water partition coefficient (Wildman–Crippen LogP) is 2.39. The lowest BCUT2D eigenvalue weighted by Crippen LogP contribution is -2.25. The smallest absolute Gasteiger partial charge is 0.330 e. The molecule has 0 aliphatic carbocycles. The number of hydrogen-bond acceptors (Lipinski definition) is 3. The summed E-state index contributed by atoms with van der Waals surface area (Å²) in [6.07, 6.45) is 7.69. The first-order valence-electron chi connectivity index (χ1n) is 5.93. The molecule has 0 aromatic heterocycles. The number of esters is 1. The van der Waals surface area contributed by atoms with Crippen molar-refractivity contribution in [3.63, 3.8) is 0 Å². The number of hydrogen-bond donors (Lipinski definition) is 0. The van der Waals surface area contributed by atoms with Gasteiger partial charge < -0.3 is 9.64 Å². The van der Waals surface area contributed by atoms with Crippen LogP contribution in [0.4, 0.5) is 0 Å². The lowest BCUT2D eigenvalue weighted by molar-refractivity contribution is -0.137. The summed E-state index contributed by atoms with van der Waals surface area (Å²) in [7, 11) is 0. The van der Waals surface area contributed by atoms with Gasteiger partial charge in [-0.15, -0.1) is 0 Å². The summed E-state index contributed by atoms with van der Waals surface area (Å²) < 4.78 is 5.04. The normalized spacial score (nSPS) is 11.8. The zero-order valence-electron chi connectivity index (χ0n) is 10.6. The third kappa shape index (κ3) is 8.24. The Kier molecular flexibility index (Phi) is 9.72. The number of rotatable bonds is 8. The SMILES string of the molecule is C/C=C/C=C/C(=O)OCCCN(CC)CC. The Hall–Kier alpha value is -1.09. The van der Waals surface area contributed by atoms with Crippen LogP contribution in [0.3, 0.4) is 0 Å². The van der Waals surface area contributed by atoms with Crippen LogP contribution in [-0.4, -0.2) is 37.1 Å². The Morgan fingerprint density at radius 3 is 2.50 bits per heavy atom. The maximum atomic E-state index is 11.1. The average molecular weight is 225 g/mol. The fourth-order valence-electron chi connectivity index (χ4n) is 1.29. The average Bonchev–Trinajstić information content (AvgIpc) is 2.30. The molecule has 0 aromatic rings. The van der Waals surface area contributed by atoms with E-state index >= 15 is 0 Å². The van der Waals surface area contributed by atoms with Gasteiger partial charge in [-0.2, -0.15) is 0 Å². The van der Waals surface area contributed by atoms with Gasteiger partial charge in [-0.3, -0.25) is 0 Å². The fraction of sp³-hybridized carbons (Fsp3) is 0.615. The van der Waals surface area contributed by atoms with Crippen LogP contribution in [0, 0.1) is 0 Å². The van der Waals surface area contributed by atoms with Crippen molar-refractivity contribution in [3.8, 4) is 0 Å². The standard InChI is InChI=1S/C13H23NO2/c1-4-7-8-10-13(15)16-12-9-11-14(5-2)6-3/h4,7-8,10H,5-6,9,11-12H2,1-3H3/b7-4+,10-8+. The minimum atomic E-state index is -0.266. The number of carbonyl (C=O) groups excluding carboxylic acids is 1. The summed E-state index contributed by atoms with van der Waals surface area (Å²) in [5, 5.41) is 0. The number of ether oxygens (including phenoxy) is 1. The van der Waals surface area contributed by atoms with E-state index < -0.39 is 0 Å². The van der Waals surface area contributed by atoms with E-state index in [0.717, 1.165) is 26.1 Å². The lowest BCUT2D eigenvalue weighted by atomic mass is 10.4. The van der Waals surface area contributed by atoms with Gasteiger partial charge in [0.05, 0.1) is 6.61 Å². The molecule has 0 amide bonds. The second-order valence-electron chi connectivity index (χ2n) is 3.43. The highest BCUT2D eigenvalue weighted by atomic mass is 16.5. The summed E-state index contributed by atoms with van der Waals surface area (Å²) in [5.74, 6) is -0.266. The van der Waals surface area contributed by atoms with Gasteiger partial charge in [-0.25, -0.2) is 4.79 Å². The molecular weight excluding hydrogens is 202 g/mol. The zero-order valence-corrected chi connectivity index (χ0v) is 10.6. The van der Waals surface area contributed by atoms with Crippen molar-refractivity contribution in [2.24, 2.45) is 0 Å². The lowest BCUT2D eigenvalue weighted by Gasteiger charge is -2.17. The molecular formula is C13H23NO2. The molecule has 16 heavy (non-hydrogen) atoms. The molecule has 0 spiro atoms.